The molecule has 24 heavy (non-hydrogen) atoms. The summed E-state index contributed by atoms with van der Waals surface area (Å²) < 4.78 is 29.7. The second-order valence-electron chi connectivity index (χ2n) is 6.55. The van der Waals surface area contributed by atoms with Crippen molar-refractivity contribution >= 4 is 5.91 Å². The van der Waals surface area contributed by atoms with Crippen LogP contribution < -0.4 is 0 Å². The minimum Gasteiger partial charge on any atom is -0.329 e. The van der Waals surface area contributed by atoms with Crippen molar-refractivity contribution in [3.8, 4) is 0 Å². The maximum Gasteiger partial charge on any atom is 0.282 e. The molecule has 2 aromatic heterocycles. The molecular formula is C15H18F2N6O. The summed E-state index contributed by atoms with van der Waals surface area (Å²) in [5.74, 6) is -3.02. The molecule has 0 aliphatic carbocycles. The summed E-state index contributed by atoms with van der Waals surface area (Å²) >= 11 is 0. The third kappa shape index (κ3) is 2.68. The highest BCUT2D eigenvalue weighted by Gasteiger charge is 2.48. The van der Waals surface area contributed by atoms with E-state index < -0.39 is 25.1 Å². The largest absolute Gasteiger partial charge is 0.329 e. The monoisotopic (exact) mass is 336 g/mol. The maximum atomic E-state index is 13.1. The first-order chi connectivity index (χ1) is 11.4. The fourth-order valence-corrected chi connectivity index (χ4v) is 3.37. The van der Waals surface area contributed by atoms with Crippen LogP contribution in [0.2, 0.25) is 0 Å². The number of aryl methyl sites for hydroxylation is 1. The number of likely N-dealkylation sites (tertiary alicyclic amines) is 1. The lowest BCUT2D eigenvalue weighted by atomic mass is 10.1. The predicted molar refractivity (Wildman–Crippen MR) is 80.1 cm³/mol. The van der Waals surface area contributed by atoms with Gasteiger partial charge in [0.2, 0.25) is 5.91 Å². The number of fused-ring (bicyclic) bond motifs is 1. The Bertz CT molecular complexity index is 762. The molecule has 1 saturated heterocycles. The summed E-state index contributed by atoms with van der Waals surface area (Å²) in [5.41, 5.74) is 1.96. The van der Waals surface area contributed by atoms with Gasteiger partial charge >= 0.3 is 0 Å². The number of amides is 1. The molecule has 0 radical (unpaired) electrons. The van der Waals surface area contributed by atoms with E-state index in [4.69, 9.17) is 0 Å². The highest BCUT2D eigenvalue weighted by Crippen LogP contribution is 2.31. The van der Waals surface area contributed by atoms with Crippen LogP contribution in [0.3, 0.4) is 0 Å². The molecule has 128 valence electrons. The number of hydrogen-bond donors (Lipinski definition) is 0. The molecule has 4 rings (SSSR count). The number of carbonyl (C=O) groups is 1. The third-order valence-electron chi connectivity index (χ3n) is 4.50. The normalized spacial score (nSPS) is 23.0. The molecule has 4 heterocycles. The van der Waals surface area contributed by atoms with Crippen molar-refractivity contribution in [2.75, 3.05) is 19.6 Å². The second-order valence-corrected chi connectivity index (χ2v) is 6.55. The van der Waals surface area contributed by atoms with Crippen molar-refractivity contribution in [1.29, 1.82) is 0 Å². The minimum absolute atomic E-state index is 0.268. The summed E-state index contributed by atoms with van der Waals surface area (Å²) in [7, 11) is 1.85. The van der Waals surface area contributed by atoms with Gasteiger partial charge in [0.15, 0.2) is 0 Å². The Morgan fingerprint density at radius 2 is 2.17 bits per heavy atom. The predicted octanol–water partition coefficient (Wildman–Crippen LogP) is 0.651. The van der Waals surface area contributed by atoms with E-state index in [1.165, 1.54) is 4.90 Å². The van der Waals surface area contributed by atoms with Crippen LogP contribution in [0.4, 0.5) is 8.78 Å². The van der Waals surface area contributed by atoms with Crippen LogP contribution in [0.25, 0.3) is 0 Å². The molecule has 0 bridgehead atoms. The van der Waals surface area contributed by atoms with E-state index in [0.717, 1.165) is 11.3 Å². The Kier molecular flexibility index (Phi) is 3.41. The molecule has 9 heteroatoms. The highest BCUT2D eigenvalue weighted by atomic mass is 19.3. The van der Waals surface area contributed by atoms with E-state index in [-0.39, 0.29) is 5.91 Å². The van der Waals surface area contributed by atoms with E-state index in [2.05, 4.69) is 15.0 Å². The summed E-state index contributed by atoms with van der Waals surface area (Å²) in [6, 6.07) is -0.510. The maximum absolute atomic E-state index is 13.1. The van der Waals surface area contributed by atoms with Gasteiger partial charge in [-0.05, 0) is 0 Å². The number of carbonyl (C=O) groups excluding carboxylic acids is 1. The van der Waals surface area contributed by atoms with Gasteiger partial charge in [0, 0.05) is 44.6 Å². The van der Waals surface area contributed by atoms with Gasteiger partial charge in [-0.2, -0.15) is 5.10 Å². The number of aromatic nitrogens is 4. The molecular weight excluding hydrogens is 318 g/mol. The molecule has 0 spiro atoms. The Balaban J connectivity index is 1.52. The first-order valence-corrected chi connectivity index (χ1v) is 7.78. The van der Waals surface area contributed by atoms with E-state index in [9.17, 15) is 13.6 Å². The number of rotatable bonds is 3. The van der Waals surface area contributed by atoms with Crippen LogP contribution in [0.5, 0.6) is 0 Å². The van der Waals surface area contributed by atoms with E-state index >= 15 is 0 Å². The summed E-state index contributed by atoms with van der Waals surface area (Å²) in [6.45, 7) is 0.802. The van der Waals surface area contributed by atoms with Crippen LogP contribution in [-0.4, -0.2) is 60.6 Å². The molecule has 2 aromatic rings. The molecule has 0 unspecified atom stereocenters. The van der Waals surface area contributed by atoms with Crippen molar-refractivity contribution < 1.29 is 13.6 Å². The van der Waals surface area contributed by atoms with Gasteiger partial charge in [-0.25, -0.2) is 13.8 Å². The van der Waals surface area contributed by atoms with Gasteiger partial charge < -0.3 is 9.47 Å². The fourth-order valence-electron chi connectivity index (χ4n) is 3.37. The standard InChI is InChI=1S/C15H18F2N6O/c1-20-4-11(2-19-20)5-21-6-12-3-18-10-23(12)13(7-21)14(24)22-8-15(16,17)9-22/h2-4,10,13H,5-9H2,1H3/t13-/m1/s1. The van der Waals surface area contributed by atoms with Gasteiger partial charge in [-0.3, -0.25) is 14.4 Å². The van der Waals surface area contributed by atoms with Crippen LogP contribution in [0.15, 0.2) is 24.9 Å². The minimum atomic E-state index is -2.75. The first-order valence-electron chi connectivity index (χ1n) is 7.78. The average molecular weight is 336 g/mol. The van der Waals surface area contributed by atoms with Crippen LogP contribution in [0, 0.1) is 0 Å². The molecule has 0 saturated carbocycles. The molecule has 2 aliphatic heterocycles. The zero-order valence-corrected chi connectivity index (χ0v) is 13.3. The van der Waals surface area contributed by atoms with Crippen molar-refractivity contribution in [2.24, 2.45) is 7.05 Å². The van der Waals surface area contributed by atoms with Crippen molar-refractivity contribution in [3.05, 3.63) is 36.2 Å². The van der Waals surface area contributed by atoms with Gasteiger partial charge in [-0.15, -0.1) is 0 Å². The van der Waals surface area contributed by atoms with E-state index in [0.29, 0.717) is 19.6 Å². The molecule has 0 N–H and O–H groups in total. The second kappa shape index (κ2) is 5.37. The number of hydrogen-bond acceptors (Lipinski definition) is 4. The molecule has 1 fully saturated rings. The lowest BCUT2D eigenvalue weighted by Crippen LogP contribution is -2.61. The topological polar surface area (TPSA) is 59.2 Å². The van der Waals surface area contributed by atoms with Crippen molar-refractivity contribution in [2.45, 2.75) is 25.1 Å². The Hall–Kier alpha value is -2.29. The van der Waals surface area contributed by atoms with Gasteiger partial charge in [0.1, 0.15) is 6.04 Å². The number of nitrogens with zero attached hydrogens (tertiary/aromatic N) is 6. The summed E-state index contributed by atoms with van der Waals surface area (Å²) in [5, 5.41) is 4.15. The lowest BCUT2D eigenvalue weighted by molar-refractivity contribution is -0.170. The number of imidazole rings is 1. The van der Waals surface area contributed by atoms with Gasteiger partial charge in [0.05, 0.1) is 31.3 Å². The van der Waals surface area contributed by atoms with Crippen LogP contribution in [0.1, 0.15) is 17.3 Å². The van der Waals surface area contributed by atoms with Crippen LogP contribution >= 0.6 is 0 Å². The molecule has 0 aromatic carbocycles. The number of alkyl halides is 2. The summed E-state index contributed by atoms with van der Waals surface area (Å²) in [4.78, 5) is 20.1. The van der Waals surface area contributed by atoms with Gasteiger partial charge in [0.25, 0.3) is 5.92 Å². The molecule has 1 amide bonds. The summed E-state index contributed by atoms with van der Waals surface area (Å²) in [6.07, 6.45) is 7.05. The molecule has 1 atom stereocenters. The average Bonchev–Trinajstić information content (AvgIpc) is 3.12. The molecule has 7 nitrogen and oxygen atoms in total. The SMILES string of the molecule is Cn1cc(CN2Cc3cncn3[C@@H](C(=O)N3CC(F)(F)C3)C2)cn1. The zero-order chi connectivity index (χ0) is 16.9. The van der Waals surface area contributed by atoms with Crippen molar-refractivity contribution in [3.63, 3.8) is 0 Å². The highest BCUT2D eigenvalue weighted by molar-refractivity contribution is 5.82. The first kappa shape index (κ1) is 15.3. The van der Waals surface area contributed by atoms with Crippen molar-refractivity contribution in [1.82, 2.24) is 29.1 Å². The number of halogens is 2. The third-order valence-corrected chi connectivity index (χ3v) is 4.50. The smallest absolute Gasteiger partial charge is 0.282 e. The quantitative estimate of drug-likeness (QED) is 0.826. The fraction of sp³-hybridized carbons (Fsp3) is 0.533. The van der Waals surface area contributed by atoms with E-state index in [1.807, 2.05) is 13.2 Å². The van der Waals surface area contributed by atoms with Crippen LogP contribution in [-0.2, 0) is 24.9 Å². The molecule has 2 aliphatic rings. The van der Waals surface area contributed by atoms with E-state index in [1.54, 1.807) is 28.0 Å². The van der Waals surface area contributed by atoms with Gasteiger partial charge in [-0.1, -0.05) is 0 Å². The Morgan fingerprint density at radius 1 is 1.38 bits per heavy atom. The zero-order valence-electron chi connectivity index (χ0n) is 13.3. The Labute approximate surface area is 137 Å². The lowest BCUT2D eigenvalue weighted by Gasteiger charge is -2.42. The Morgan fingerprint density at radius 3 is 2.83 bits per heavy atom.